The van der Waals surface area contributed by atoms with E-state index in [2.05, 4.69) is 55.5 Å². The largest absolute Gasteiger partial charge is 0.469 e. The average Bonchev–Trinajstić information content (AvgIpc) is 2.76. The Morgan fingerprint density at radius 1 is 1.00 bits per heavy atom. The van der Waals surface area contributed by atoms with Crippen molar-refractivity contribution in [1.29, 1.82) is 0 Å². The second kappa shape index (κ2) is 4.78. The molecule has 2 aromatic carbocycles. The fourth-order valence-electron chi connectivity index (χ4n) is 3.27. The zero-order chi connectivity index (χ0) is 14.2. The molecule has 0 aromatic heterocycles. The van der Waals surface area contributed by atoms with Gasteiger partial charge in [-0.3, -0.25) is 4.79 Å². The predicted octanol–water partition coefficient (Wildman–Crippen LogP) is 3.93. The van der Waals surface area contributed by atoms with E-state index in [1.165, 1.54) is 29.4 Å². The maximum absolute atomic E-state index is 11.5. The number of hydrogen-bond donors (Lipinski definition) is 0. The molecule has 0 fully saturated rings. The van der Waals surface area contributed by atoms with Crippen LogP contribution in [0.4, 0.5) is 0 Å². The fourth-order valence-corrected chi connectivity index (χ4v) is 3.27. The van der Waals surface area contributed by atoms with Crippen LogP contribution in [-0.4, -0.2) is 13.1 Å². The number of esters is 1. The molecule has 0 N–H and O–H groups in total. The standard InChI is InChI=1S/C18H18O2/c1-18(12-11-17(19)20-2)15-9-5-3-7-13(15)14-8-4-6-10-16(14)18/h3-10H,11-12H2,1-2H3. The lowest BCUT2D eigenvalue weighted by Crippen LogP contribution is -2.22. The lowest BCUT2D eigenvalue weighted by Gasteiger charge is -2.27. The van der Waals surface area contributed by atoms with Gasteiger partial charge in [-0.05, 0) is 28.7 Å². The summed E-state index contributed by atoms with van der Waals surface area (Å²) in [5.41, 5.74) is 5.09. The summed E-state index contributed by atoms with van der Waals surface area (Å²) in [5, 5.41) is 0. The van der Waals surface area contributed by atoms with Gasteiger partial charge in [0.1, 0.15) is 0 Å². The van der Waals surface area contributed by atoms with Crippen molar-refractivity contribution in [2.45, 2.75) is 25.2 Å². The lowest BCUT2D eigenvalue weighted by atomic mass is 9.76. The van der Waals surface area contributed by atoms with E-state index in [0.29, 0.717) is 6.42 Å². The van der Waals surface area contributed by atoms with Crippen molar-refractivity contribution in [2.24, 2.45) is 0 Å². The van der Waals surface area contributed by atoms with Crippen LogP contribution in [0.2, 0.25) is 0 Å². The normalized spacial score (nSPS) is 14.5. The molecule has 0 amide bonds. The highest BCUT2D eigenvalue weighted by Crippen LogP contribution is 2.50. The second-order valence-corrected chi connectivity index (χ2v) is 5.50. The molecule has 2 aromatic rings. The van der Waals surface area contributed by atoms with Crippen LogP contribution >= 0.6 is 0 Å². The molecule has 0 saturated heterocycles. The zero-order valence-corrected chi connectivity index (χ0v) is 11.8. The van der Waals surface area contributed by atoms with Crippen molar-refractivity contribution in [3.05, 3.63) is 59.7 Å². The Labute approximate surface area is 119 Å². The van der Waals surface area contributed by atoms with Gasteiger partial charge in [0.25, 0.3) is 0 Å². The summed E-state index contributed by atoms with van der Waals surface area (Å²) < 4.78 is 4.79. The molecular formula is C18H18O2. The molecule has 0 heterocycles. The first kappa shape index (κ1) is 12.9. The van der Waals surface area contributed by atoms with Crippen molar-refractivity contribution < 1.29 is 9.53 Å². The Hall–Kier alpha value is -2.09. The first-order chi connectivity index (χ1) is 9.66. The summed E-state index contributed by atoms with van der Waals surface area (Å²) in [6.07, 6.45) is 1.21. The van der Waals surface area contributed by atoms with E-state index in [4.69, 9.17) is 4.74 Å². The Balaban J connectivity index is 2.08. The van der Waals surface area contributed by atoms with Gasteiger partial charge in [0.05, 0.1) is 7.11 Å². The van der Waals surface area contributed by atoms with Crippen molar-refractivity contribution in [3.8, 4) is 11.1 Å². The molecule has 0 bridgehead atoms. The molecule has 0 saturated carbocycles. The molecule has 3 rings (SSSR count). The van der Waals surface area contributed by atoms with Crippen LogP contribution in [0.15, 0.2) is 48.5 Å². The van der Waals surface area contributed by atoms with E-state index < -0.39 is 0 Å². The van der Waals surface area contributed by atoms with Gasteiger partial charge >= 0.3 is 5.97 Å². The molecule has 20 heavy (non-hydrogen) atoms. The molecule has 0 spiro atoms. The smallest absolute Gasteiger partial charge is 0.305 e. The summed E-state index contributed by atoms with van der Waals surface area (Å²) in [7, 11) is 1.45. The number of rotatable bonds is 3. The second-order valence-electron chi connectivity index (χ2n) is 5.50. The number of carbonyl (C=O) groups excluding carboxylic acids is 1. The van der Waals surface area contributed by atoms with Gasteiger partial charge in [0, 0.05) is 11.8 Å². The van der Waals surface area contributed by atoms with Gasteiger partial charge in [-0.25, -0.2) is 0 Å². The van der Waals surface area contributed by atoms with Gasteiger partial charge in [-0.1, -0.05) is 55.5 Å². The minimum Gasteiger partial charge on any atom is -0.469 e. The third-order valence-electron chi connectivity index (χ3n) is 4.39. The Bertz CT molecular complexity index is 612. The Morgan fingerprint density at radius 2 is 1.50 bits per heavy atom. The number of carbonyl (C=O) groups is 1. The maximum atomic E-state index is 11.5. The van der Waals surface area contributed by atoms with E-state index in [1.54, 1.807) is 0 Å². The Kier molecular flexibility index (Phi) is 3.09. The Morgan fingerprint density at radius 3 is 2.00 bits per heavy atom. The van der Waals surface area contributed by atoms with Gasteiger partial charge in [0.15, 0.2) is 0 Å². The van der Waals surface area contributed by atoms with Crippen molar-refractivity contribution in [1.82, 2.24) is 0 Å². The summed E-state index contributed by atoms with van der Waals surface area (Å²) in [5.74, 6) is -0.145. The molecule has 2 heteroatoms. The molecule has 1 aliphatic carbocycles. The van der Waals surface area contributed by atoms with E-state index in [-0.39, 0.29) is 11.4 Å². The highest BCUT2D eigenvalue weighted by atomic mass is 16.5. The minimum atomic E-state index is -0.145. The first-order valence-electron chi connectivity index (χ1n) is 6.93. The number of fused-ring (bicyclic) bond motifs is 3. The molecule has 0 aliphatic heterocycles. The maximum Gasteiger partial charge on any atom is 0.305 e. The van der Waals surface area contributed by atoms with E-state index in [0.717, 1.165) is 6.42 Å². The summed E-state index contributed by atoms with van der Waals surface area (Å²) in [6.45, 7) is 2.22. The van der Waals surface area contributed by atoms with Crippen LogP contribution in [0.1, 0.15) is 30.9 Å². The summed E-state index contributed by atoms with van der Waals surface area (Å²) in [4.78, 5) is 11.5. The molecule has 102 valence electrons. The molecule has 0 unspecified atom stereocenters. The van der Waals surface area contributed by atoms with Gasteiger partial charge in [0.2, 0.25) is 0 Å². The van der Waals surface area contributed by atoms with Crippen molar-refractivity contribution in [3.63, 3.8) is 0 Å². The van der Waals surface area contributed by atoms with Crippen LogP contribution in [0.25, 0.3) is 11.1 Å². The quantitative estimate of drug-likeness (QED) is 0.787. The fraction of sp³-hybridized carbons (Fsp3) is 0.278. The summed E-state index contributed by atoms with van der Waals surface area (Å²) >= 11 is 0. The van der Waals surface area contributed by atoms with Crippen molar-refractivity contribution in [2.75, 3.05) is 7.11 Å². The topological polar surface area (TPSA) is 26.3 Å². The highest BCUT2D eigenvalue weighted by molar-refractivity contribution is 5.81. The van der Waals surface area contributed by atoms with E-state index in [9.17, 15) is 4.79 Å². The van der Waals surface area contributed by atoms with Gasteiger partial charge in [-0.15, -0.1) is 0 Å². The van der Waals surface area contributed by atoms with Crippen LogP contribution in [0, 0.1) is 0 Å². The van der Waals surface area contributed by atoms with E-state index >= 15 is 0 Å². The van der Waals surface area contributed by atoms with Gasteiger partial charge in [-0.2, -0.15) is 0 Å². The SMILES string of the molecule is COC(=O)CCC1(C)c2ccccc2-c2ccccc21. The number of hydrogen-bond acceptors (Lipinski definition) is 2. The number of benzene rings is 2. The highest BCUT2D eigenvalue weighted by Gasteiger charge is 2.38. The number of methoxy groups -OCH3 is 1. The molecule has 0 atom stereocenters. The summed E-state index contributed by atoms with van der Waals surface area (Å²) in [6, 6.07) is 17.0. The third kappa shape index (κ3) is 1.83. The lowest BCUT2D eigenvalue weighted by molar-refractivity contribution is -0.140. The zero-order valence-electron chi connectivity index (χ0n) is 11.8. The van der Waals surface area contributed by atoms with Crippen molar-refractivity contribution >= 4 is 5.97 Å². The predicted molar refractivity (Wildman–Crippen MR) is 79.6 cm³/mol. The van der Waals surface area contributed by atoms with Crippen LogP contribution < -0.4 is 0 Å². The first-order valence-corrected chi connectivity index (χ1v) is 6.93. The minimum absolute atomic E-state index is 0.110. The van der Waals surface area contributed by atoms with E-state index in [1.807, 2.05) is 0 Å². The van der Waals surface area contributed by atoms with Gasteiger partial charge < -0.3 is 4.74 Å². The van der Waals surface area contributed by atoms with Crippen LogP contribution in [0.3, 0.4) is 0 Å². The monoisotopic (exact) mass is 266 g/mol. The molecule has 1 aliphatic rings. The average molecular weight is 266 g/mol. The molecule has 0 radical (unpaired) electrons. The number of ether oxygens (including phenoxy) is 1. The van der Waals surface area contributed by atoms with Crippen LogP contribution in [0.5, 0.6) is 0 Å². The molecule has 2 nitrogen and oxygen atoms in total. The van der Waals surface area contributed by atoms with Crippen LogP contribution in [-0.2, 0) is 14.9 Å². The third-order valence-corrected chi connectivity index (χ3v) is 4.39. The molecular weight excluding hydrogens is 248 g/mol.